The van der Waals surface area contributed by atoms with E-state index in [9.17, 15) is 13.2 Å². The summed E-state index contributed by atoms with van der Waals surface area (Å²) in [6, 6.07) is 16.0. The number of benzene rings is 3. The van der Waals surface area contributed by atoms with Gasteiger partial charge in [0.15, 0.2) is 0 Å². The minimum atomic E-state index is -3.67. The molecule has 176 valence electrons. The number of hydrogen-bond donors (Lipinski definition) is 2. The zero-order valence-electron chi connectivity index (χ0n) is 19.3. The molecule has 0 unspecified atom stereocenters. The fourth-order valence-corrected chi connectivity index (χ4v) is 4.64. The Morgan fingerprint density at radius 1 is 1.03 bits per heavy atom. The van der Waals surface area contributed by atoms with E-state index in [1.807, 2.05) is 37.3 Å². The number of aromatic nitrogens is 1. The molecule has 4 rings (SSSR count). The normalized spacial score (nSPS) is 11.5. The van der Waals surface area contributed by atoms with E-state index < -0.39 is 15.9 Å². The van der Waals surface area contributed by atoms with Crippen molar-refractivity contribution in [2.75, 3.05) is 12.4 Å². The summed E-state index contributed by atoms with van der Waals surface area (Å²) in [5.74, 6) is 0.629. The molecule has 9 heteroatoms. The quantitative estimate of drug-likeness (QED) is 0.404. The first kappa shape index (κ1) is 23.5. The van der Waals surface area contributed by atoms with Gasteiger partial charge in [0.2, 0.25) is 10.0 Å². The molecule has 0 bridgehead atoms. The molecule has 8 nitrogen and oxygen atoms in total. The molecule has 0 aliphatic heterocycles. The number of anilines is 1. The van der Waals surface area contributed by atoms with Gasteiger partial charge in [-0.15, -0.1) is 0 Å². The van der Waals surface area contributed by atoms with E-state index >= 15 is 0 Å². The number of amides is 1. The third-order valence-corrected chi connectivity index (χ3v) is 7.21. The first-order chi connectivity index (χ1) is 16.2. The summed E-state index contributed by atoms with van der Waals surface area (Å²) in [5, 5.41) is 8.54. The number of hydrogen-bond acceptors (Lipinski definition) is 6. The Morgan fingerprint density at radius 3 is 2.38 bits per heavy atom. The van der Waals surface area contributed by atoms with E-state index in [0.717, 1.165) is 22.0 Å². The zero-order valence-corrected chi connectivity index (χ0v) is 20.1. The van der Waals surface area contributed by atoms with Gasteiger partial charge in [-0.05, 0) is 68.4 Å². The van der Waals surface area contributed by atoms with Gasteiger partial charge < -0.3 is 14.6 Å². The van der Waals surface area contributed by atoms with E-state index in [0.29, 0.717) is 28.3 Å². The molecule has 34 heavy (non-hydrogen) atoms. The monoisotopic (exact) mass is 479 g/mol. The second kappa shape index (κ2) is 9.28. The van der Waals surface area contributed by atoms with Crippen molar-refractivity contribution in [3.8, 4) is 5.75 Å². The molecule has 0 atom stereocenters. The lowest BCUT2D eigenvalue weighted by molar-refractivity contribution is 0.102. The number of carbonyl (C=O) groups is 1. The first-order valence-electron chi connectivity index (χ1n) is 10.6. The number of aryl methyl sites for hydroxylation is 3. The summed E-state index contributed by atoms with van der Waals surface area (Å²) in [5.41, 5.74) is 2.79. The molecule has 3 aromatic carbocycles. The van der Waals surface area contributed by atoms with Crippen LogP contribution in [-0.2, 0) is 16.6 Å². The third-order valence-electron chi connectivity index (χ3n) is 5.65. The van der Waals surface area contributed by atoms with Crippen LogP contribution < -0.4 is 14.8 Å². The lowest BCUT2D eigenvalue weighted by Gasteiger charge is -2.14. The van der Waals surface area contributed by atoms with Crippen LogP contribution in [-0.4, -0.2) is 26.5 Å². The van der Waals surface area contributed by atoms with Crippen LogP contribution >= 0.6 is 0 Å². The largest absolute Gasteiger partial charge is 0.488 e. The summed E-state index contributed by atoms with van der Waals surface area (Å²) in [7, 11) is -2.33. The summed E-state index contributed by atoms with van der Waals surface area (Å²) in [6.45, 7) is 5.52. The number of carbonyl (C=O) groups excluding carboxylic acids is 1. The Labute approximate surface area is 198 Å². The van der Waals surface area contributed by atoms with Crippen molar-refractivity contribution in [2.24, 2.45) is 0 Å². The van der Waals surface area contributed by atoms with Gasteiger partial charge in [0.05, 0.1) is 21.7 Å². The molecule has 1 aromatic heterocycles. The van der Waals surface area contributed by atoms with Crippen LogP contribution in [0.1, 0.15) is 32.9 Å². The average Bonchev–Trinajstić information content (AvgIpc) is 3.15. The van der Waals surface area contributed by atoms with Crippen molar-refractivity contribution in [1.29, 1.82) is 0 Å². The highest BCUT2D eigenvalue weighted by Crippen LogP contribution is 2.29. The average molecular weight is 480 g/mol. The van der Waals surface area contributed by atoms with Crippen LogP contribution in [0.5, 0.6) is 5.75 Å². The van der Waals surface area contributed by atoms with Gasteiger partial charge in [0, 0.05) is 5.69 Å². The highest BCUT2D eigenvalue weighted by atomic mass is 32.2. The van der Waals surface area contributed by atoms with Crippen LogP contribution in [0.25, 0.3) is 10.8 Å². The lowest BCUT2D eigenvalue weighted by atomic mass is 10.0. The number of ether oxygens (including phenoxy) is 1. The molecular formula is C25H25N3O5S. The SMILES string of the molecule is CNS(=O)(=O)c1cc(NC(=O)c2cc3ccccc3cc2OCc2c(C)noc2C)ccc1C. The van der Waals surface area contributed by atoms with Crippen LogP contribution in [0.4, 0.5) is 5.69 Å². The molecule has 0 fully saturated rings. The third kappa shape index (κ3) is 4.66. The Bertz CT molecular complexity index is 1470. The van der Waals surface area contributed by atoms with Crippen molar-refractivity contribution in [2.45, 2.75) is 32.3 Å². The van der Waals surface area contributed by atoms with E-state index in [2.05, 4.69) is 15.2 Å². The Morgan fingerprint density at radius 2 is 1.74 bits per heavy atom. The smallest absolute Gasteiger partial charge is 0.259 e. The molecular weight excluding hydrogens is 454 g/mol. The van der Waals surface area contributed by atoms with E-state index in [1.165, 1.54) is 13.1 Å². The van der Waals surface area contributed by atoms with Gasteiger partial charge >= 0.3 is 0 Å². The highest BCUT2D eigenvalue weighted by Gasteiger charge is 2.19. The van der Waals surface area contributed by atoms with Crippen molar-refractivity contribution in [3.63, 3.8) is 0 Å². The van der Waals surface area contributed by atoms with Crippen LogP contribution in [0.15, 0.2) is 64.0 Å². The fourth-order valence-electron chi connectivity index (χ4n) is 3.65. The van der Waals surface area contributed by atoms with Crippen molar-refractivity contribution < 1.29 is 22.5 Å². The molecule has 1 heterocycles. The second-order valence-electron chi connectivity index (χ2n) is 7.93. The van der Waals surface area contributed by atoms with E-state index in [4.69, 9.17) is 9.26 Å². The molecule has 0 aliphatic carbocycles. The minimum Gasteiger partial charge on any atom is -0.488 e. The number of sulfonamides is 1. The predicted molar refractivity (Wildman–Crippen MR) is 130 cm³/mol. The maximum atomic E-state index is 13.3. The van der Waals surface area contributed by atoms with Gasteiger partial charge in [-0.3, -0.25) is 4.79 Å². The van der Waals surface area contributed by atoms with E-state index in [1.54, 1.807) is 32.0 Å². The maximum absolute atomic E-state index is 13.3. The van der Waals surface area contributed by atoms with Gasteiger partial charge in [0.25, 0.3) is 5.91 Å². The topological polar surface area (TPSA) is 111 Å². The molecule has 1 amide bonds. The Hall–Kier alpha value is -3.69. The second-order valence-corrected chi connectivity index (χ2v) is 9.78. The highest BCUT2D eigenvalue weighted by molar-refractivity contribution is 7.89. The standard InChI is InChI=1S/C25H25N3O5S/c1-15-9-10-20(13-24(15)34(30,31)26-4)27-25(29)21-11-18-7-5-6-8-19(18)12-23(21)32-14-22-16(2)28-33-17(22)3/h5-13,26H,14H2,1-4H3,(H,27,29). The molecule has 0 radical (unpaired) electrons. The van der Waals surface area contributed by atoms with Gasteiger partial charge in [0.1, 0.15) is 18.1 Å². The Kier molecular flexibility index (Phi) is 6.41. The number of fused-ring (bicyclic) bond motifs is 1. The molecule has 0 saturated carbocycles. The number of nitrogens with one attached hydrogen (secondary N) is 2. The molecule has 4 aromatic rings. The summed E-state index contributed by atoms with van der Waals surface area (Å²) in [4.78, 5) is 13.4. The van der Waals surface area contributed by atoms with Crippen molar-refractivity contribution >= 4 is 32.4 Å². The maximum Gasteiger partial charge on any atom is 0.259 e. The number of rotatable bonds is 7. The van der Waals surface area contributed by atoms with Gasteiger partial charge in [-0.25, -0.2) is 13.1 Å². The fraction of sp³-hybridized carbons (Fsp3) is 0.200. The van der Waals surface area contributed by atoms with Crippen molar-refractivity contribution in [3.05, 3.63) is 82.7 Å². The van der Waals surface area contributed by atoms with Crippen molar-refractivity contribution in [1.82, 2.24) is 9.88 Å². The molecule has 0 aliphatic rings. The predicted octanol–water partition coefficient (Wildman–Crippen LogP) is 4.49. The molecule has 2 N–H and O–H groups in total. The van der Waals surface area contributed by atoms with Crippen LogP contribution in [0, 0.1) is 20.8 Å². The lowest BCUT2D eigenvalue weighted by Crippen LogP contribution is -2.20. The van der Waals surface area contributed by atoms with Gasteiger partial charge in [-0.2, -0.15) is 0 Å². The number of nitrogens with zero attached hydrogens (tertiary/aromatic N) is 1. The van der Waals surface area contributed by atoms with Gasteiger partial charge in [-0.1, -0.05) is 35.5 Å². The van der Waals surface area contributed by atoms with Crippen LogP contribution in [0.2, 0.25) is 0 Å². The van der Waals surface area contributed by atoms with Crippen LogP contribution in [0.3, 0.4) is 0 Å². The molecule has 0 spiro atoms. The zero-order chi connectivity index (χ0) is 24.5. The van der Waals surface area contributed by atoms with E-state index in [-0.39, 0.29) is 11.5 Å². The first-order valence-corrected chi connectivity index (χ1v) is 12.1. The summed E-state index contributed by atoms with van der Waals surface area (Å²) >= 11 is 0. The Balaban J connectivity index is 1.69. The minimum absolute atomic E-state index is 0.0983. The summed E-state index contributed by atoms with van der Waals surface area (Å²) < 4.78 is 38.2. The summed E-state index contributed by atoms with van der Waals surface area (Å²) in [6.07, 6.45) is 0. The molecule has 0 saturated heterocycles.